The number of anilines is 1. The summed E-state index contributed by atoms with van der Waals surface area (Å²) in [5.74, 6) is -0.915. The predicted octanol–water partition coefficient (Wildman–Crippen LogP) is 1.85. The van der Waals surface area contributed by atoms with Crippen molar-refractivity contribution in [1.82, 2.24) is 35.5 Å². The lowest BCUT2D eigenvalue weighted by atomic mass is 10.0. The van der Waals surface area contributed by atoms with Crippen molar-refractivity contribution in [3.63, 3.8) is 0 Å². The zero-order valence-corrected chi connectivity index (χ0v) is 22.5. The number of H-pyrrole nitrogens is 1. The van der Waals surface area contributed by atoms with Crippen molar-refractivity contribution in [2.24, 2.45) is 0 Å². The quantitative estimate of drug-likeness (QED) is 0.357. The third kappa shape index (κ3) is 5.59. The van der Waals surface area contributed by atoms with Gasteiger partial charge in [-0.05, 0) is 35.9 Å². The molecule has 2 saturated heterocycles. The van der Waals surface area contributed by atoms with E-state index in [2.05, 4.69) is 30.6 Å². The molecular weight excluding hydrogens is 543 g/mol. The van der Waals surface area contributed by atoms with E-state index in [0.717, 1.165) is 0 Å². The van der Waals surface area contributed by atoms with Gasteiger partial charge in [-0.15, -0.1) is 5.10 Å². The number of carbonyl (C=O) groups is 3. The fourth-order valence-electron chi connectivity index (χ4n) is 5.22. The molecule has 2 aromatic carbocycles. The van der Waals surface area contributed by atoms with Crippen LogP contribution in [0.25, 0.3) is 10.8 Å². The SMILES string of the molecule is O=C1CCN(c2ccc(CN3CCN(C(=O)c4cc(Cc5n[nH]c(=O)c6ccccc56)ccc4F)CC3)nn2)C(=O)N1. The normalized spacial score (nSPS) is 16.1. The lowest BCUT2D eigenvalue weighted by Crippen LogP contribution is -2.50. The number of aromatic amines is 1. The van der Waals surface area contributed by atoms with Gasteiger partial charge in [-0.25, -0.2) is 14.3 Å². The van der Waals surface area contributed by atoms with Crippen molar-refractivity contribution >= 4 is 34.4 Å². The molecule has 0 bridgehead atoms. The van der Waals surface area contributed by atoms with Crippen LogP contribution in [-0.2, 0) is 17.8 Å². The van der Waals surface area contributed by atoms with Gasteiger partial charge in [0.2, 0.25) is 5.91 Å². The van der Waals surface area contributed by atoms with Crippen molar-refractivity contribution < 1.29 is 18.8 Å². The van der Waals surface area contributed by atoms with E-state index in [4.69, 9.17) is 0 Å². The number of imide groups is 1. The Labute approximate surface area is 239 Å². The maximum absolute atomic E-state index is 14.8. The molecule has 214 valence electrons. The summed E-state index contributed by atoms with van der Waals surface area (Å²) in [4.78, 5) is 53.9. The molecule has 2 N–H and O–H groups in total. The Bertz CT molecular complexity index is 1730. The molecule has 42 heavy (non-hydrogen) atoms. The molecule has 0 atom stereocenters. The molecule has 0 aliphatic carbocycles. The van der Waals surface area contributed by atoms with E-state index in [1.165, 1.54) is 11.0 Å². The number of fused-ring (bicyclic) bond motifs is 1. The van der Waals surface area contributed by atoms with Gasteiger partial charge in [0.15, 0.2) is 5.82 Å². The van der Waals surface area contributed by atoms with Crippen LogP contribution in [0.2, 0.25) is 0 Å². The van der Waals surface area contributed by atoms with Gasteiger partial charge < -0.3 is 4.90 Å². The summed E-state index contributed by atoms with van der Waals surface area (Å²) in [5.41, 5.74) is 1.76. The van der Waals surface area contributed by atoms with Crippen LogP contribution in [0, 0.1) is 5.82 Å². The van der Waals surface area contributed by atoms with Crippen LogP contribution < -0.4 is 15.8 Å². The molecule has 2 aromatic heterocycles. The molecular formula is C29H27FN8O4. The van der Waals surface area contributed by atoms with Gasteiger partial charge in [-0.1, -0.05) is 24.3 Å². The summed E-state index contributed by atoms with van der Waals surface area (Å²) in [7, 11) is 0. The second kappa shape index (κ2) is 11.4. The molecule has 2 aliphatic rings. The molecule has 12 nitrogen and oxygen atoms in total. The number of aromatic nitrogens is 4. The second-order valence-corrected chi connectivity index (χ2v) is 10.2. The lowest BCUT2D eigenvalue weighted by Gasteiger charge is -2.34. The Hall–Kier alpha value is -5.04. The Kier molecular flexibility index (Phi) is 7.40. The van der Waals surface area contributed by atoms with E-state index < -0.39 is 11.8 Å². The average Bonchev–Trinajstić information content (AvgIpc) is 3.00. The molecule has 0 spiro atoms. The van der Waals surface area contributed by atoms with Gasteiger partial charge >= 0.3 is 6.03 Å². The van der Waals surface area contributed by atoms with E-state index in [9.17, 15) is 23.6 Å². The van der Waals surface area contributed by atoms with E-state index in [-0.39, 0.29) is 35.9 Å². The Morgan fingerprint density at radius 1 is 0.905 bits per heavy atom. The molecule has 0 radical (unpaired) electrons. The largest absolute Gasteiger partial charge is 0.336 e. The summed E-state index contributed by atoms with van der Waals surface area (Å²) in [6, 6.07) is 14.6. The molecule has 2 aliphatic heterocycles. The Morgan fingerprint density at radius 3 is 2.43 bits per heavy atom. The summed E-state index contributed by atoms with van der Waals surface area (Å²) in [6.07, 6.45) is 0.530. The number of urea groups is 1. The minimum Gasteiger partial charge on any atom is -0.336 e. The first-order chi connectivity index (χ1) is 20.4. The highest BCUT2D eigenvalue weighted by atomic mass is 19.1. The second-order valence-electron chi connectivity index (χ2n) is 10.2. The van der Waals surface area contributed by atoms with Crippen LogP contribution in [0.15, 0.2) is 59.4 Å². The molecule has 0 unspecified atom stereocenters. The minimum atomic E-state index is -0.590. The van der Waals surface area contributed by atoms with Crippen molar-refractivity contribution in [2.75, 3.05) is 37.6 Å². The van der Waals surface area contributed by atoms with Gasteiger partial charge in [-0.3, -0.25) is 29.5 Å². The summed E-state index contributed by atoms with van der Waals surface area (Å²) < 4.78 is 14.8. The number of piperazine rings is 1. The van der Waals surface area contributed by atoms with Crippen molar-refractivity contribution in [1.29, 1.82) is 0 Å². The first-order valence-corrected chi connectivity index (χ1v) is 13.6. The van der Waals surface area contributed by atoms with E-state index in [0.29, 0.717) is 72.7 Å². The van der Waals surface area contributed by atoms with Crippen LogP contribution in [0.4, 0.5) is 15.0 Å². The third-order valence-corrected chi connectivity index (χ3v) is 7.49. The predicted molar refractivity (Wildman–Crippen MR) is 150 cm³/mol. The highest BCUT2D eigenvalue weighted by Crippen LogP contribution is 2.21. The van der Waals surface area contributed by atoms with Gasteiger partial charge in [0.25, 0.3) is 11.5 Å². The highest BCUT2D eigenvalue weighted by molar-refractivity contribution is 6.05. The number of rotatable bonds is 6. The zero-order chi connectivity index (χ0) is 29.2. The molecule has 4 heterocycles. The van der Waals surface area contributed by atoms with Crippen molar-refractivity contribution in [2.45, 2.75) is 19.4 Å². The number of carbonyl (C=O) groups excluding carboxylic acids is 3. The topological polar surface area (TPSA) is 144 Å². The fraction of sp³-hybridized carbons (Fsp3) is 0.276. The van der Waals surface area contributed by atoms with Crippen molar-refractivity contribution in [3.05, 3.63) is 93.3 Å². The van der Waals surface area contributed by atoms with Crippen LogP contribution in [0.3, 0.4) is 0 Å². The van der Waals surface area contributed by atoms with Crippen LogP contribution in [0.5, 0.6) is 0 Å². The summed E-state index contributed by atoms with van der Waals surface area (Å²) in [5, 5.41) is 18.6. The van der Waals surface area contributed by atoms with Crippen LogP contribution >= 0.6 is 0 Å². The highest BCUT2D eigenvalue weighted by Gasteiger charge is 2.27. The number of benzene rings is 2. The standard InChI is InChI=1S/C29H27FN8O4/c30-23-7-5-18(16-24-20-3-1-2-4-21(20)27(40)35-33-24)15-22(23)28(41)37-13-11-36(12-14-37)17-19-6-8-25(34-32-19)38-10-9-26(39)31-29(38)42/h1-8,15H,9-14,16-17H2,(H,35,40)(H,31,39,42). The maximum Gasteiger partial charge on any atom is 0.329 e. The molecule has 4 aromatic rings. The van der Waals surface area contributed by atoms with Crippen molar-refractivity contribution in [3.8, 4) is 0 Å². The van der Waals surface area contributed by atoms with Crippen LogP contribution in [-0.4, -0.2) is 80.8 Å². The van der Waals surface area contributed by atoms with E-state index in [1.807, 2.05) is 12.1 Å². The monoisotopic (exact) mass is 570 g/mol. The number of halogens is 1. The molecule has 2 fully saturated rings. The summed E-state index contributed by atoms with van der Waals surface area (Å²) >= 11 is 0. The molecule has 13 heteroatoms. The zero-order valence-electron chi connectivity index (χ0n) is 22.5. The first-order valence-electron chi connectivity index (χ1n) is 13.6. The number of hydrogen-bond acceptors (Lipinski definition) is 8. The maximum atomic E-state index is 14.8. The first kappa shape index (κ1) is 27.1. The summed E-state index contributed by atoms with van der Waals surface area (Å²) in [6.45, 7) is 2.73. The number of nitrogens with one attached hydrogen (secondary N) is 2. The molecule has 6 rings (SSSR count). The van der Waals surface area contributed by atoms with E-state index >= 15 is 0 Å². The van der Waals surface area contributed by atoms with Gasteiger partial charge in [-0.2, -0.15) is 10.2 Å². The minimum absolute atomic E-state index is 0.000384. The lowest BCUT2D eigenvalue weighted by molar-refractivity contribution is -0.120. The van der Waals surface area contributed by atoms with Gasteiger partial charge in [0.1, 0.15) is 5.82 Å². The Morgan fingerprint density at radius 2 is 1.69 bits per heavy atom. The number of hydrogen-bond donors (Lipinski definition) is 2. The fourth-order valence-corrected chi connectivity index (χ4v) is 5.22. The van der Waals surface area contributed by atoms with E-state index in [1.54, 1.807) is 41.3 Å². The molecule has 4 amide bonds. The van der Waals surface area contributed by atoms with Crippen LogP contribution in [0.1, 0.15) is 33.7 Å². The Balaban J connectivity index is 1.08. The van der Waals surface area contributed by atoms with Gasteiger partial charge in [0, 0.05) is 57.5 Å². The number of amides is 4. The van der Waals surface area contributed by atoms with Gasteiger partial charge in [0.05, 0.1) is 22.3 Å². The smallest absolute Gasteiger partial charge is 0.329 e. The molecule has 0 saturated carbocycles. The number of nitrogens with zero attached hydrogens (tertiary/aromatic N) is 6. The third-order valence-electron chi connectivity index (χ3n) is 7.49. The average molecular weight is 571 g/mol.